The average Bonchev–Trinajstić information content (AvgIpc) is 2.44. The van der Waals surface area contributed by atoms with Gasteiger partial charge in [0.05, 0.1) is 0 Å². The molecule has 0 aromatic heterocycles. The third kappa shape index (κ3) is 1.21. The van der Waals surface area contributed by atoms with Crippen molar-refractivity contribution in [3.8, 4) is 0 Å². The van der Waals surface area contributed by atoms with Crippen molar-refractivity contribution in [2.75, 3.05) is 0 Å². The molecular formula is C11H16O. The molecule has 0 aromatic carbocycles. The Morgan fingerprint density at radius 3 is 3.17 bits per heavy atom. The average molecular weight is 164 g/mol. The van der Waals surface area contributed by atoms with Gasteiger partial charge in [-0.25, -0.2) is 0 Å². The summed E-state index contributed by atoms with van der Waals surface area (Å²) in [6, 6.07) is 0. The third-order valence-corrected chi connectivity index (χ3v) is 3.38. The lowest BCUT2D eigenvalue weighted by Gasteiger charge is -2.29. The quantitative estimate of drug-likeness (QED) is 0.582. The van der Waals surface area contributed by atoms with Crippen LogP contribution in [-0.4, -0.2) is 5.78 Å². The maximum atomic E-state index is 11.2. The van der Waals surface area contributed by atoms with Gasteiger partial charge in [-0.15, -0.1) is 0 Å². The van der Waals surface area contributed by atoms with Gasteiger partial charge >= 0.3 is 0 Å². The van der Waals surface area contributed by atoms with Gasteiger partial charge in [0.25, 0.3) is 0 Å². The summed E-state index contributed by atoms with van der Waals surface area (Å²) in [5.74, 6) is 1.81. The molecule has 1 heteroatoms. The van der Waals surface area contributed by atoms with E-state index in [1.807, 2.05) is 6.08 Å². The van der Waals surface area contributed by atoms with Crippen LogP contribution >= 0.6 is 0 Å². The molecular weight excluding hydrogens is 148 g/mol. The largest absolute Gasteiger partial charge is 0.295 e. The molecule has 1 nitrogen and oxygen atoms in total. The molecule has 0 aromatic rings. The van der Waals surface area contributed by atoms with Crippen molar-refractivity contribution in [1.82, 2.24) is 0 Å². The Morgan fingerprint density at radius 1 is 1.58 bits per heavy atom. The van der Waals surface area contributed by atoms with Crippen LogP contribution in [0.2, 0.25) is 0 Å². The van der Waals surface area contributed by atoms with Crippen LogP contribution in [0.4, 0.5) is 0 Å². The molecule has 0 amide bonds. The van der Waals surface area contributed by atoms with Gasteiger partial charge in [0.15, 0.2) is 5.78 Å². The lowest BCUT2D eigenvalue weighted by atomic mass is 9.76. The van der Waals surface area contributed by atoms with E-state index in [2.05, 4.69) is 6.92 Å². The van der Waals surface area contributed by atoms with E-state index in [1.165, 1.54) is 31.3 Å². The van der Waals surface area contributed by atoms with E-state index in [-0.39, 0.29) is 0 Å². The van der Waals surface area contributed by atoms with Crippen molar-refractivity contribution >= 4 is 5.78 Å². The van der Waals surface area contributed by atoms with Crippen molar-refractivity contribution in [3.63, 3.8) is 0 Å². The van der Waals surface area contributed by atoms with Crippen LogP contribution < -0.4 is 0 Å². The van der Waals surface area contributed by atoms with E-state index in [0.717, 1.165) is 12.3 Å². The predicted molar refractivity (Wildman–Crippen MR) is 48.8 cm³/mol. The second-order valence-corrected chi connectivity index (χ2v) is 4.06. The summed E-state index contributed by atoms with van der Waals surface area (Å²) in [5.41, 5.74) is 1.46. The number of carbonyl (C=O) groups excluding carboxylic acids is 1. The highest BCUT2D eigenvalue weighted by Crippen LogP contribution is 2.41. The monoisotopic (exact) mass is 164 g/mol. The van der Waals surface area contributed by atoms with Gasteiger partial charge in [-0.2, -0.15) is 0 Å². The van der Waals surface area contributed by atoms with Crippen molar-refractivity contribution in [2.24, 2.45) is 11.8 Å². The highest BCUT2D eigenvalue weighted by molar-refractivity contribution is 5.93. The molecule has 0 radical (unpaired) electrons. The fraction of sp³-hybridized carbons (Fsp3) is 0.727. The number of hydrogen-bond acceptors (Lipinski definition) is 1. The fourth-order valence-electron chi connectivity index (χ4n) is 2.71. The number of fused-ring (bicyclic) bond motifs is 1. The van der Waals surface area contributed by atoms with E-state index >= 15 is 0 Å². The van der Waals surface area contributed by atoms with E-state index in [4.69, 9.17) is 0 Å². The van der Waals surface area contributed by atoms with Crippen LogP contribution in [0, 0.1) is 11.8 Å². The highest BCUT2D eigenvalue weighted by atomic mass is 16.1. The summed E-state index contributed by atoms with van der Waals surface area (Å²) in [5, 5.41) is 0. The summed E-state index contributed by atoms with van der Waals surface area (Å²) < 4.78 is 0. The molecule has 0 aliphatic heterocycles. The summed E-state index contributed by atoms with van der Waals surface area (Å²) in [6.07, 6.45) is 7.79. The summed E-state index contributed by atoms with van der Waals surface area (Å²) in [6.45, 7) is 2.25. The molecule has 2 unspecified atom stereocenters. The minimum Gasteiger partial charge on any atom is -0.295 e. The van der Waals surface area contributed by atoms with Gasteiger partial charge in [-0.3, -0.25) is 4.79 Å². The zero-order valence-electron chi connectivity index (χ0n) is 7.68. The van der Waals surface area contributed by atoms with Gasteiger partial charge in [-0.05, 0) is 37.2 Å². The molecule has 2 atom stereocenters. The van der Waals surface area contributed by atoms with Crippen LogP contribution in [0.15, 0.2) is 11.6 Å². The number of hydrogen-bond donors (Lipinski definition) is 0. The van der Waals surface area contributed by atoms with E-state index < -0.39 is 0 Å². The Hall–Kier alpha value is -0.590. The summed E-state index contributed by atoms with van der Waals surface area (Å²) in [4.78, 5) is 11.2. The maximum Gasteiger partial charge on any atom is 0.156 e. The number of ketones is 1. The molecule has 2 rings (SSSR count). The molecule has 2 aliphatic rings. The zero-order chi connectivity index (χ0) is 8.55. The molecule has 0 saturated heterocycles. The highest BCUT2D eigenvalue weighted by Gasteiger charge is 2.33. The van der Waals surface area contributed by atoms with Crippen molar-refractivity contribution in [2.45, 2.75) is 39.0 Å². The Labute approximate surface area is 73.8 Å². The fourth-order valence-corrected chi connectivity index (χ4v) is 2.71. The minimum atomic E-state index is 0.371. The van der Waals surface area contributed by atoms with E-state index in [9.17, 15) is 4.79 Å². The van der Waals surface area contributed by atoms with Gasteiger partial charge in [0, 0.05) is 6.42 Å². The first-order chi connectivity index (χ1) is 5.81. The molecule has 0 N–H and O–H groups in total. The second kappa shape index (κ2) is 3.04. The second-order valence-electron chi connectivity index (χ2n) is 4.06. The molecule has 12 heavy (non-hydrogen) atoms. The zero-order valence-corrected chi connectivity index (χ0v) is 7.68. The SMILES string of the molecule is CCC1CCCC2=CC(=O)CC21. The Morgan fingerprint density at radius 2 is 2.42 bits per heavy atom. The summed E-state index contributed by atoms with van der Waals surface area (Å²) >= 11 is 0. The standard InChI is InChI=1S/C11H16O/c1-2-8-4-3-5-9-6-10(12)7-11(8)9/h6,8,11H,2-5,7H2,1H3. The lowest BCUT2D eigenvalue weighted by molar-refractivity contribution is -0.114. The first kappa shape index (κ1) is 8.03. The van der Waals surface area contributed by atoms with Crippen LogP contribution in [-0.2, 0) is 4.79 Å². The molecule has 1 fully saturated rings. The van der Waals surface area contributed by atoms with Crippen molar-refractivity contribution in [3.05, 3.63) is 11.6 Å². The minimum absolute atomic E-state index is 0.371. The Kier molecular flexibility index (Phi) is 2.03. The Bertz CT molecular complexity index is 227. The number of allylic oxidation sites excluding steroid dienone is 2. The maximum absolute atomic E-state index is 11.2. The summed E-state index contributed by atoms with van der Waals surface area (Å²) in [7, 11) is 0. The van der Waals surface area contributed by atoms with Gasteiger partial charge in [0.1, 0.15) is 0 Å². The smallest absolute Gasteiger partial charge is 0.156 e. The van der Waals surface area contributed by atoms with Gasteiger partial charge in [0.2, 0.25) is 0 Å². The van der Waals surface area contributed by atoms with Crippen LogP contribution in [0.1, 0.15) is 39.0 Å². The topological polar surface area (TPSA) is 17.1 Å². The first-order valence-electron chi connectivity index (χ1n) is 5.04. The van der Waals surface area contributed by atoms with Crippen molar-refractivity contribution in [1.29, 1.82) is 0 Å². The van der Waals surface area contributed by atoms with E-state index in [1.54, 1.807) is 0 Å². The Balaban J connectivity index is 2.16. The first-order valence-corrected chi connectivity index (χ1v) is 5.04. The van der Waals surface area contributed by atoms with Crippen LogP contribution in [0.25, 0.3) is 0 Å². The predicted octanol–water partition coefficient (Wildman–Crippen LogP) is 2.71. The molecule has 66 valence electrons. The van der Waals surface area contributed by atoms with E-state index in [0.29, 0.717) is 11.7 Å². The lowest BCUT2D eigenvalue weighted by Crippen LogP contribution is -2.19. The molecule has 0 bridgehead atoms. The van der Waals surface area contributed by atoms with Crippen LogP contribution in [0.5, 0.6) is 0 Å². The normalized spacial score (nSPS) is 34.8. The van der Waals surface area contributed by atoms with Crippen LogP contribution in [0.3, 0.4) is 0 Å². The van der Waals surface area contributed by atoms with Crippen molar-refractivity contribution < 1.29 is 4.79 Å². The van der Waals surface area contributed by atoms with Gasteiger partial charge < -0.3 is 0 Å². The third-order valence-electron chi connectivity index (χ3n) is 3.38. The molecule has 2 aliphatic carbocycles. The van der Waals surface area contributed by atoms with Gasteiger partial charge in [-0.1, -0.05) is 18.9 Å². The number of rotatable bonds is 1. The molecule has 0 spiro atoms. The molecule has 1 saturated carbocycles. The number of carbonyl (C=O) groups is 1. The molecule has 0 heterocycles.